The van der Waals surface area contributed by atoms with Crippen LogP contribution in [0, 0.1) is 6.92 Å². The van der Waals surface area contributed by atoms with Crippen LogP contribution in [0.3, 0.4) is 0 Å². The summed E-state index contributed by atoms with van der Waals surface area (Å²) in [7, 11) is 0. The summed E-state index contributed by atoms with van der Waals surface area (Å²) in [5.74, 6) is 0.130. The van der Waals surface area contributed by atoms with E-state index in [0.29, 0.717) is 5.25 Å². The van der Waals surface area contributed by atoms with Crippen molar-refractivity contribution < 1.29 is 4.79 Å². The molecule has 1 amide bonds. The molecule has 1 aromatic carbocycles. The maximum atomic E-state index is 12.2. The van der Waals surface area contributed by atoms with Crippen molar-refractivity contribution in [2.45, 2.75) is 56.5 Å². The quantitative estimate of drug-likeness (QED) is 0.884. The Labute approximate surface area is 120 Å². The van der Waals surface area contributed by atoms with Crippen molar-refractivity contribution in [2.75, 3.05) is 5.32 Å². The average molecular weight is 277 g/mol. The van der Waals surface area contributed by atoms with Crippen LogP contribution in [0.2, 0.25) is 0 Å². The molecular formula is C16H23NOS. The van der Waals surface area contributed by atoms with Gasteiger partial charge in [-0.2, -0.15) is 0 Å². The van der Waals surface area contributed by atoms with Gasteiger partial charge in [-0.05, 0) is 38.3 Å². The zero-order chi connectivity index (χ0) is 13.7. The number of benzene rings is 1. The first-order valence-electron chi connectivity index (χ1n) is 7.19. The van der Waals surface area contributed by atoms with E-state index in [9.17, 15) is 4.79 Å². The molecule has 0 radical (unpaired) electrons. The van der Waals surface area contributed by atoms with Crippen molar-refractivity contribution in [1.82, 2.24) is 0 Å². The van der Waals surface area contributed by atoms with E-state index in [4.69, 9.17) is 0 Å². The summed E-state index contributed by atoms with van der Waals surface area (Å²) in [5, 5.41) is 3.74. The third-order valence-electron chi connectivity index (χ3n) is 3.72. The molecule has 0 aromatic heterocycles. The van der Waals surface area contributed by atoms with Crippen LogP contribution in [0.5, 0.6) is 0 Å². The summed E-state index contributed by atoms with van der Waals surface area (Å²) in [5.41, 5.74) is 2.05. The number of hydrogen-bond acceptors (Lipinski definition) is 2. The first-order valence-corrected chi connectivity index (χ1v) is 8.13. The van der Waals surface area contributed by atoms with Crippen molar-refractivity contribution in [3.05, 3.63) is 29.8 Å². The Morgan fingerprint density at radius 1 is 1.26 bits per heavy atom. The Balaban J connectivity index is 1.87. The maximum Gasteiger partial charge on any atom is 0.237 e. The molecule has 0 spiro atoms. The van der Waals surface area contributed by atoms with Gasteiger partial charge in [0.1, 0.15) is 0 Å². The lowest BCUT2D eigenvalue weighted by Gasteiger charge is -2.24. The van der Waals surface area contributed by atoms with Crippen molar-refractivity contribution in [3.8, 4) is 0 Å². The molecule has 1 N–H and O–H groups in total. The van der Waals surface area contributed by atoms with E-state index < -0.39 is 0 Å². The Morgan fingerprint density at radius 2 is 1.95 bits per heavy atom. The van der Waals surface area contributed by atoms with Gasteiger partial charge in [-0.1, -0.05) is 37.5 Å². The van der Waals surface area contributed by atoms with Crippen LogP contribution >= 0.6 is 11.8 Å². The molecule has 1 aliphatic rings. The minimum absolute atomic E-state index is 0.0303. The van der Waals surface area contributed by atoms with Gasteiger partial charge in [0.05, 0.1) is 5.25 Å². The van der Waals surface area contributed by atoms with Gasteiger partial charge in [0.25, 0.3) is 0 Å². The lowest BCUT2D eigenvalue weighted by atomic mass is 10.0. The van der Waals surface area contributed by atoms with Crippen LogP contribution in [0.15, 0.2) is 24.3 Å². The first kappa shape index (κ1) is 14.4. The minimum Gasteiger partial charge on any atom is -0.325 e. The van der Waals surface area contributed by atoms with Crippen LogP contribution in [-0.2, 0) is 4.79 Å². The second-order valence-corrected chi connectivity index (χ2v) is 6.99. The fourth-order valence-corrected chi connectivity index (χ4v) is 3.86. The molecule has 1 fully saturated rings. The second kappa shape index (κ2) is 6.99. The molecule has 1 atom stereocenters. The number of rotatable bonds is 4. The first-order chi connectivity index (χ1) is 9.16. The van der Waals surface area contributed by atoms with Crippen LogP contribution in [0.1, 0.15) is 44.6 Å². The van der Waals surface area contributed by atoms with Crippen LogP contribution in [0.25, 0.3) is 0 Å². The van der Waals surface area contributed by atoms with Crippen molar-refractivity contribution in [1.29, 1.82) is 0 Å². The third kappa shape index (κ3) is 4.27. The highest BCUT2D eigenvalue weighted by atomic mass is 32.2. The van der Waals surface area contributed by atoms with Gasteiger partial charge in [0.15, 0.2) is 0 Å². The Hall–Kier alpha value is -0.960. The van der Waals surface area contributed by atoms with Gasteiger partial charge in [-0.3, -0.25) is 4.79 Å². The number of aryl methyl sites for hydroxylation is 1. The molecule has 0 heterocycles. The normalized spacial score (nSPS) is 18.0. The molecule has 1 unspecified atom stereocenters. The van der Waals surface area contributed by atoms with E-state index in [1.54, 1.807) is 0 Å². The van der Waals surface area contributed by atoms with E-state index in [1.807, 2.05) is 49.9 Å². The lowest BCUT2D eigenvalue weighted by molar-refractivity contribution is -0.115. The molecule has 2 nitrogen and oxygen atoms in total. The predicted octanol–water partition coefficient (Wildman–Crippen LogP) is 4.39. The van der Waals surface area contributed by atoms with E-state index >= 15 is 0 Å². The van der Waals surface area contributed by atoms with E-state index in [2.05, 4.69) is 5.32 Å². The average Bonchev–Trinajstić information content (AvgIpc) is 2.42. The molecule has 0 bridgehead atoms. The van der Waals surface area contributed by atoms with Gasteiger partial charge in [0.2, 0.25) is 5.91 Å². The highest BCUT2D eigenvalue weighted by Crippen LogP contribution is 2.31. The Morgan fingerprint density at radius 3 is 2.63 bits per heavy atom. The van der Waals surface area contributed by atoms with E-state index in [0.717, 1.165) is 11.3 Å². The number of anilines is 1. The lowest BCUT2D eigenvalue weighted by Crippen LogP contribution is -2.25. The van der Waals surface area contributed by atoms with Crippen LogP contribution in [-0.4, -0.2) is 16.4 Å². The number of carbonyl (C=O) groups excluding carboxylic acids is 1. The van der Waals surface area contributed by atoms with Gasteiger partial charge in [0, 0.05) is 10.9 Å². The van der Waals surface area contributed by atoms with Crippen LogP contribution < -0.4 is 5.32 Å². The summed E-state index contributed by atoms with van der Waals surface area (Å²) in [6.45, 7) is 4.04. The number of amides is 1. The number of carbonyl (C=O) groups is 1. The number of para-hydroxylation sites is 1. The highest BCUT2D eigenvalue weighted by molar-refractivity contribution is 8.01. The van der Waals surface area contributed by atoms with Crippen molar-refractivity contribution in [2.24, 2.45) is 0 Å². The minimum atomic E-state index is 0.0303. The molecule has 3 heteroatoms. The smallest absolute Gasteiger partial charge is 0.237 e. The molecule has 1 saturated carbocycles. The van der Waals surface area contributed by atoms with Gasteiger partial charge < -0.3 is 5.32 Å². The third-order valence-corrected chi connectivity index (χ3v) is 5.20. The summed E-state index contributed by atoms with van der Waals surface area (Å²) < 4.78 is 0. The monoisotopic (exact) mass is 277 g/mol. The Kier molecular flexibility index (Phi) is 5.32. The summed E-state index contributed by atoms with van der Waals surface area (Å²) in [4.78, 5) is 12.2. The molecule has 2 rings (SSSR count). The second-order valence-electron chi connectivity index (χ2n) is 5.34. The van der Waals surface area contributed by atoms with Gasteiger partial charge in [-0.25, -0.2) is 0 Å². The van der Waals surface area contributed by atoms with E-state index in [-0.39, 0.29) is 11.2 Å². The number of thioether (sulfide) groups is 1. The zero-order valence-corrected chi connectivity index (χ0v) is 12.6. The zero-order valence-electron chi connectivity index (χ0n) is 11.8. The molecule has 1 aromatic rings. The topological polar surface area (TPSA) is 29.1 Å². The molecular weight excluding hydrogens is 254 g/mol. The number of nitrogens with one attached hydrogen (secondary N) is 1. The Bertz CT molecular complexity index is 427. The molecule has 0 saturated heterocycles. The standard InChI is InChI=1S/C16H23NOS/c1-12-8-6-7-11-15(12)17-16(18)13(2)19-14-9-4-3-5-10-14/h6-8,11,13-14H,3-5,9-10H2,1-2H3,(H,17,18). The van der Waals surface area contributed by atoms with Crippen molar-refractivity contribution >= 4 is 23.4 Å². The number of hydrogen-bond donors (Lipinski definition) is 1. The van der Waals surface area contributed by atoms with Gasteiger partial charge in [-0.15, -0.1) is 11.8 Å². The summed E-state index contributed by atoms with van der Waals surface area (Å²) >= 11 is 1.84. The highest BCUT2D eigenvalue weighted by Gasteiger charge is 2.21. The van der Waals surface area contributed by atoms with E-state index in [1.165, 1.54) is 32.1 Å². The predicted molar refractivity (Wildman–Crippen MR) is 83.7 cm³/mol. The van der Waals surface area contributed by atoms with Gasteiger partial charge >= 0.3 is 0 Å². The molecule has 0 aliphatic heterocycles. The largest absolute Gasteiger partial charge is 0.325 e. The summed E-state index contributed by atoms with van der Waals surface area (Å²) in [6, 6.07) is 7.94. The summed E-state index contributed by atoms with van der Waals surface area (Å²) in [6.07, 6.45) is 6.55. The maximum absolute atomic E-state index is 12.2. The SMILES string of the molecule is Cc1ccccc1NC(=O)C(C)SC1CCCCC1. The fourth-order valence-electron chi connectivity index (χ4n) is 2.50. The molecule has 1 aliphatic carbocycles. The molecule has 104 valence electrons. The van der Waals surface area contributed by atoms with Crippen molar-refractivity contribution in [3.63, 3.8) is 0 Å². The molecule has 19 heavy (non-hydrogen) atoms. The fraction of sp³-hybridized carbons (Fsp3) is 0.562. The van der Waals surface area contributed by atoms with Crippen LogP contribution in [0.4, 0.5) is 5.69 Å².